The van der Waals surface area contributed by atoms with Crippen molar-refractivity contribution in [2.75, 3.05) is 0 Å². The lowest BCUT2D eigenvalue weighted by Crippen LogP contribution is -2.39. The molecule has 0 spiro atoms. The van der Waals surface area contributed by atoms with Gasteiger partial charge in [0.15, 0.2) is 0 Å². The molecular formula is C20H25N3O2. The van der Waals surface area contributed by atoms with Crippen molar-refractivity contribution in [3.63, 3.8) is 0 Å². The summed E-state index contributed by atoms with van der Waals surface area (Å²) in [5.41, 5.74) is 3.72. The molecule has 0 radical (unpaired) electrons. The Kier molecular flexibility index (Phi) is 5.31. The lowest BCUT2D eigenvalue weighted by atomic mass is 10.1. The Balaban J connectivity index is 1.70. The number of carbonyl (C=O) groups excluding carboxylic acids is 1. The van der Waals surface area contributed by atoms with E-state index in [-0.39, 0.29) is 17.5 Å². The number of hydrogen-bond acceptors (Lipinski definition) is 3. The van der Waals surface area contributed by atoms with Crippen molar-refractivity contribution in [3.8, 4) is 0 Å². The van der Waals surface area contributed by atoms with E-state index in [1.54, 1.807) is 12.1 Å². The van der Waals surface area contributed by atoms with E-state index in [1.807, 2.05) is 32.0 Å². The Bertz CT molecular complexity index is 826. The van der Waals surface area contributed by atoms with Gasteiger partial charge in [-0.15, -0.1) is 0 Å². The first kappa shape index (κ1) is 17.4. The molecule has 0 aliphatic heterocycles. The summed E-state index contributed by atoms with van der Waals surface area (Å²) in [6.45, 7) is 4.23. The maximum absolute atomic E-state index is 12.3. The third-order valence-electron chi connectivity index (χ3n) is 4.63. The second-order valence-electron chi connectivity index (χ2n) is 6.94. The van der Waals surface area contributed by atoms with Crippen molar-refractivity contribution in [2.45, 2.75) is 58.5 Å². The molecule has 3 rings (SSSR count). The molecule has 1 aliphatic carbocycles. The van der Waals surface area contributed by atoms with Gasteiger partial charge in [0.2, 0.25) is 0 Å². The summed E-state index contributed by atoms with van der Waals surface area (Å²) in [7, 11) is 0. The van der Waals surface area contributed by atoms with E-state index < -0.39 is 0 Å². The van der Waals surface area contributed by atoms with Crippen LogP contribution in [0.2, 0.25) is 0 Å². The number of carbonyl (C=O) groups is 1. The molecule has 1 heterocycles. The van der Waals surface area contributed by atoms with E-state index in [0.29, 0.717) is 12.1 Å². The van der Waals surface area contributed by atoms with Gasteiger partial charge in [0.05, 0.1) is 12.2 Å². The molecular weight excluding hydrogens is 314 g/mol. The molecule has 5 nitrogen and oxygen atoms in total. The zero-order valence-electron chi connectivity index (χ0n) is 14.9. The second-order valence-corrected chi connectivity index (χ2v) is 6.94. The molecule has 5 heteroatoms. The summed E-state index contributed by atoms with van der Waals surface area (Å²) >= 11 is 0. The summed E-state index contributed by atoms with van der Waals surface area (Å²) in [6.07, 6.45) is 5.31. The van der Waals surface area contributed by atoms with Crippen molar-refractivity contribution in [1.82, 2.24) is 15.1 Å². The van der Waals surface area contributed by atoms with Crippen LogP contribution in [0.15, 0.2) is 35.1 Å². The Labute approximate surface area is 148 Å². The highest BCUT2D eigenvalue weighted by Crippen LogP contribution is 2.16. The molecule has 1 N–H and O–H groups in total. The maximum Gasteiger partial charge on any atom is 0.267 e. The SMILES string of the molecule is Cc1cccc(C(=O)N[C@@H](C)Cn2nc3c(cc2=O)CCCCC3)c1. The van der Waals surface area contributed by atoms with Gasteiger partial charge >= 0.3 is 0 Å². The zero-order chi connectivity index (χ0) is 17.8. The Morgan fingerprint density at radius 1 is 1.24 bits per heavy atom. The fourth-order valence-corrected chi connectivity index (χ4v) is 3.31. The largest absolute Gasteiger partial charge is 0.348 e. The Morgan fingerprint density at radius 3 is 2.84 bits per heavy atom. The molecule has 132 valence electrons. The number of benzene rings is 1. The fourth-order valence-electron chi connectivity index (χ4n) is 3.31. The van der Waals surface area contributed by atoms with Gasteiger partial charge in [0.1, 0.15) is 0 Å². The number of nitrogens with zero attached hydrogens (tertiary/aromatic N) is 2. The first-order valence-corrected chi connectivity index (χ1v) is 9.00. The number of amides is 1. The van der Waals surface area contributed by atoms with E-state index >= 15 is 0 Å². The lowest BCUT2D eigenvalue weighted by Gasteiger charge is -2.16. The monoisotopic (exact) mass is 339 g/mol. The van der Waals surface area contributed by atoms with Gasteiger partial charge in [-0.2, -0.15) is 5.10 Å². The normalized spacial score (nSPS) is 15.1. The van der Waals surface area contributed by atoms with Crippen LogP contribution in [0, 0.1) is 6.92 Å². The van der Waals surface area contributed by atoms with Crippen LogP contribution in [-0.2, 0) is 19.4 Å². The molecule has 1 aliphatic rings. The van der Waals surface area contributed by atoms with Gasteiger partial charge in [-0.1, -0.05) is 24.1 Å². The van der Waals surface area contributed by atoms with Crippen LogP contribution in [0.25, 0.3) is 0 Å². The number of aryl methyl sites for hydroxylation is 3. The van der Waals surface area contributed by atoms with Crippen molar-refractivity contribution in [2.24, 2.45) is 0 Å². The molecule has 0 unspecified atom stereocenters. The van der Waals surface area contributed by atoms with Crippen LogP contribution in [0.3, 0.4) is 0 Å². The van der Waals surface area contributed by atoms with Crippen molar-refractivity contribution in [1.29, 1.82) is 0 Å². The minimum Gasteiger partial charge on any atom is -0.348 e. The molecule has 2 aromatic rings. The third kappa shape index (κ3) is 4.35. The van der Waals surface area contributed by atoms with Crippen LogP contribution in [0.5, 0.6) is 0 Å². The minimum absolute atomic E-state index is 0.0858. The van der Waals surface area contributed by atoms with Gasteiger partial charge in [0, 0.05) is 17.7 Å². The molecule has 1 aromatic heterocycles. The lowest BCUT2D eigenvalue weighted by molar-refractivity contribution is 0.0935. The van der Waals surface area contributed by atoms with Gasteiger partial charge in [-0.05, 0) is 57.2 Å². The minimum atomic E-state index is -0.179. The third-order valence-corrected chi connectivity index (χ3v) is 4.63. The molecule has 0 saturated carbocycles. The predicted octanol–water partition coefficient (Wildman–Crippen LogP) is 2.64. The van der Waals surface area contributed by atoms with Crippen LogP contribution >= 0.6 is 0 Å². The predicted molar refractivity (Wildman–Crippen MR) is 97.9 cm³/mol. The van der Waals surface area contributed by atoms with Gasteiger partial charge in [0.25, 0.3) is 11.5 Å². The van der Waals surface area contributed by atoms with Gasteiger partial charge in [-0.3, -0.25) is 9.59 Å². The number of rotatable bonds is 4. The van der Waals surface area contributed by atoms with Crippen LogP contribution < -0.4 is 10.9 Å². The zero-order valence-corrected chi connectivity index (χ0v) is 14.9. The fraction of sp³-hybridized carbons (Fsp3) is 0.450. The summed E-state index contributed by atoms with van der Waals surface area (Å²) < 4.78 is 1.49. The highest BCUT2D eigenvalue weighted by molar-refractivity contribution is 5.94. The Morgan fingerprint density at radius 2 is 2.04 bits per heavy atom. The number of aromatic nitrogens is 2. The first-order chi connectivity index (χ1) is 12.0. The molecule has 0 bridgehead atoms. The average molecular weight is 339 g/mol. The van der Waals surface area contributed by atoms with Gasteiger partial charge < -0.3 is 5.32 Å². The second kappa shape index (κ2) is 7.64. The molecule has 1 atom stereocenters. The summed E-state index contributed by atoms with van der Waals surface area (Å²) in [5, 5.41) is 7.51. The van der Waals surface area contributed by atoms with E-state index in [9.17, 15) is 9.59 Å². The molecule has 0 fully saturated rings. The standard InChI is InChI=1S/C20H25N3O2/c1-14-7-6-9-17(11-14)20(25)21-15(2)13-23-19(24)12-16-8-4-3-5-10-18(16)22-23/h6-7,9,11-12,15H,3-5,8,10,13H2,1-2H3,(H,21,25)/t15-/m0/s1. The highest BCUT2D eigenvalue weighted by atomic mass is 16.2. The number of hydrogen-bond donors (Lipinski definition) is 1. The maximum atomic E-state index is 12.3. The molecule has 25 heavy (non-hydrogen) atoms. The highest BCUT2D eigenvalue weighted by Gasteiger charge is 2.15. The average Bonchev–Trinajstić information content (AvgIpc) is 2.80. The van der Waals surface area contributed by atoms with Gasteiger partial charge in [-0.25, -0.2) is 4.68 Å². The topological polar surface area (TPSA) is 64.0 Å². The van der Waals surface area contributed by atoms with Crippen molar-refractivity contribution >= 4 is 5.91 Å². The van der Waals surface area contributed by atoms with Crippen LogP contribution in [-0.4, -0.2) is 21.7 Å². The van der Waals surface area contributed by atoms with E-state index in [0.717, 1.165) is 42.5 Å². The molecule has 0 saturated heterocycles. The van der Waals surface area contributed by atoms with Crippen LogP contribution in [0.4, 0.5) is 0 Å². The van der Waals surface area contributed by atoms with E-state index in [4.69, 9.17) is 0 Å². The summed E-state index contributed by atoms with van der Waals surface area (Å²) in [5.74, 6) is -0.126. The molecule has 1 amide bonds. The number of fused-ring (bicyclic) bond motifs is 1. The van der Waals surface area contributed by atoms with Crippen LogP contribution in [0.1, 0.15) is 53.4 Å². The van der Waals surface area contributed by atoms with Crippen molar-refractivity contribution < 1.29 is 4.79 Å². The summed E-state index contributed by atoms with van der Waals surface area (Å²) in [4.78, 5) is 24.7. The van der Waals surface area contributed by atoms with E-state index in [2.05, 4.69) is 10.4 Å². The molecule has 1 aromatic carbocycles. The van der Waals surface area contributed by atoms with Crippen molar-refractivity contribution in [3.05, 3.63) is 63.1 Å². The van der Waals surface area contributed by atoms with E-state index in [1.165, 1.54) is 11.1 Å². The number of nitrogens with one attached hydrogen (secondary N) is 1. The quantitative estimate of drug-likeness (QED) is 0.871. The first-order valence-electron chi connectivity index (χ1n) is 9.00. The smallest absolute Gasteiger partial charge is 0.267 e. The Hall–Kier alpha value is -2.43. The summed E-state index contributed by atoms with van der Waals surface area (Å²) in [6, 6.07) is 9.02.